The number of benzene rings is 2. The lowest BCUT2D eigenvalue weighted by atomic mass is 10.1. The molecule has 33 heavy (non-hydrogen) atoms. The Bertz CT molecular complexity index is 1040. The van der Waals surface area contributed by atoms with E-state index in [0.29, 0.717) is 11.9 Å². The van der Waals surface area contributed by atoms with Crippen molar-refractivity contribution < 1.29 is 22.0 Å². The summed E-state index contributed by atoms with van der Waals surface area (Å²) in [5.41, 5.74) is 2.01. The highest BCUT2D eigenvalue weighted by Crippen LogP contribution is 2.26. The molecule has 1 atom stereocenters. The van der Waals surface area contributed by atoms with E-state index >= 15 is 0 Å². The second kappa shape index (κ2) is 13.5. The van der Waals surface area contributed by atoms with Gasteiger partial charge in [0.25, 0.3) is 0 Å². The van der Waals surface area contributed by atoms with Crippen LogP contribution in [0, 0.1) is 0 Å². The lowest BCUT2D eigenvalue weighted by Crippen LogP contribution is -3.11. The topological polar surface area (TPSA) is 51.5 Å². The van der Waals surface area contributed by atoms with E-state index in [0.717, 1.165) is 38.9 Å². The summed E-state index contributed by atoms with van der Waals surface area (Å²) in [6, 6.07) is 14.4. The van der Waals surface area contributed by atoms with Crippen molar-refractivity contribution in [1.29, 1.82) is 0 Å². The Hall–Kier alpha value is -2.15. The Balaban J connectivity index is 0.00000385. The highest BCUT2D eigenvalue weighted by molar-refractivity contribution is 9.10. The molecular weight excluding hydrogens is 500 g/mol. The maximum absolute atomic E-state index is 5.44. The molecule has 3 aromatic rings. The van der Waals surface area contributed by atoms with E-state index in [1.165, 1.54) is 26.1 Å². The van der Waals surface area contributed by atoms with Gasteiger partial charge in [0.15, 0.2) is 5.82 Å². The smallest absolute Gasteiger partial charge is 0.154 e. The molecule has 0 spiro atoms. The molecule has 0 aliphatic heterocycles. The Morgan fingerprint density at radius 3 is 2.45 bits per heavy atom. The van der Waals surface area contributed by atoms with Gasteiger partial charge in [-0.3, -0.25) is 0 Å². The van der Waals surface area contributed by atoms with E-state index in [9.17, 15) is 0 Å². The number of rotatable bonds is 11. The fourth-order valence-electron chi connectivity index (χ4n) is 3.75. The largest absolute Gasteiger partial charge is 1.00 e. The standard InChI is InChI=1S/C26H33BrN4O.ClH/c1-5-31(6-2)17-7-8-19(3)28-26-23-18-22(32-4)14-15-24(23)29-25(30-26)16-11-20-9-12-21(27)13-10-20;/h9-16,18-19H,5-8,17H2,1-4H3,(H,28,29,30);1H/b16-11+;. The van der Waals surface area contributed by atoms with Gasteiger partial charge in [-0.25, -0.2) is 9.97 Å². The highest BCUT2D eigenvalue weighted by Gasteiger charge is 2.12. The van der Waals surface area contributed by atoms with Crippen LogP contribution in [0.4, 0.5) is 5.82 Å². The van der Waals surface area contributed by atoms with Crippen molar-refractivity contribution in [3.8, 4) is 5.75 Å². The Morgan fingerprint density at radius 1 is 1.06 bits per heavy atom. The van der Waals surface area contributed by atoms with Crippen molar-refractivity contribution in [2.45, 2.75) is 39.7 Å². The SMILES string of the molecule is CC[NH+](CC)CCCC(C)Nc1nc(/C=C/c2ccc(Br)cc2)nc2ccc(OC)cc12.[Cl-]. The van der Waals surface area contributed by atoms with Crippen molar-refractivity contribution in [1.82, 2.24) is 9.97 Å². The van der Waals surface area contributed by atoms with Crippen LogP contribution < -0.4 is 27.4 Å². The van der Waals surface area contributed by atoms with Crippen LogP contribution in [-0.2, 0) is 0 Å². The average molecular weight is 534 g/mol. The summed E-state index contributed by atoms with van der Waals surface area (Å²) in [6.07, 6.45) is 6.29. The minimum absolute atomic E-state index is 0. The van der Waals surface area contributed by atoms with Gasteiger partial charge in [-0.2, -0.15) is 0 Å². The molecule has 2 aromatic carbocycles. The van der Waals surface area contributed by atoms with Gasteiger partial charge in [-0.1, -0.05) is 34.1 Å². The Labute approximate surface area is 212 Å². The molecule has 0 aliphatic carbocycles. The molecule has 0 bridgehead atoms. The number of hydrogen-bond donors (Lipinski definition) is 2. The number of nitrogens with zero attached hydrogens (tertiary/aromatic N) is 2. The number of nitrogens with one attached hydrogen (secondary N) is 2. The number of hydrogen-bond acceptors (Lipinski definition) is 4. The quantitative estimate of drug-likeness (QED) is 0.396. The Kier molecular flexibility index (Phi) is 11.1. The third-order valence-corrected chi connectivity index (χ3v) is 6.29. The molecule has 0 aliphatic rings. The van der Waals surface area contributed by atoms with Crippen LogP contribution in [0.15, 0.2) is 46.9 Å². The first-order valence-electron chi connectivity index (χ1n) is 11.4. The molecule has 7 heteroatoms. The summed E-state index contributed by atoms with van der Waals surface area (Å²) >= 11 is 3.48. The molecular formula is C26H34BrClN4O. The van der Waals surface area contributed by atoms with E-state index in [1.54, 1.807) is 12.0 Å². The third kappa shape index (κ3) is 7.98. The van der Waals surface area contributed by atoms with Crippen LogP contribution in [0.1, 0.15) is 45.0 Å². The molecule has 1 aromatic heterocycles. The van der Waals surface area contributed by atoms with Gasteiger partial charge in [-0.15, -0.1) is 0 Å². The third-order valence-electron chi connectivity index (χ3n) is 5.77. The molecule has 0 fully saturated rings. The molecule has 1 unspecified atom stereocenters. The number of ether oxygens (including phenoxy) is 1. The molecule has 1 heterocycles. The summed E-state index contributed by atoms with van der Waals surface area (Å²) in [5, 5.41) is 4.61. The lowest BCUT2D eigenvalue weighted by molar-refractivity contribution is -0.896. The number of halogens is 2. The summed E-state index contributed by atoms with van der Waals surface area (Å²) in [6.45, 7) is 10.3. The molecule has 0 saturated carbocycles. The molecule has 2 N–H and O–H groups in total. The monoisotopic (exact) mass is 532 g/mol. The second-order valence-electron chi connectivity index (χ2n) is 8.09. The molecule has 0 radical (unpaired) electrons. The maximum atomic E-state index is 5.44. The maximum Gasteiger partial charge on any atom is 0.154 e. The fraction of sp³-hybridized carbons (Fsp3) is 0.385. The van der Waals surface area contributed by atoms with Crippen molar-refractivity contribution in [3.05, 3.63) is 58.3 Å². The molecule has 0 amide bonds. The van der Waals surface area contributed by atoms with Crippen LogP contribution >= 0.6 is 15.9 Å². The van der Waals surface area contributed by atoms with Gasteiger partial charge < -0.3 is 27.4 Å². The Morgan fingerprint density at radius 2 is 1.79 bits per heavy atom. The van der Waals surface area contributed by atoms with Gasteiger partial charge in [0.2, 0.25) is 0 Å². The fourth-order valence-corrected chi connectivity index (χ4v) is 4.01. The first-order chi connectivity index (χ1) is 15.5. The van der Waals surface area contributed by atoms with Gasteiger partial charge in [0, 0.05) is 15.9 Å². The van der Waals surface area contributed by atoms with Crippen LogP contribution in [0.25, 0.3) is 23.1 Å². The molecule has 3 rings (SSSR count). The number of aromatic nitrogens is 2. The van der Waals surface area contributed by atoms with Crippen molar-refractivity contribution in [2.24, 2.45) is 0 Å². The number of quaternary nitrogens is 1. The van der Waals surface area contributed by atoms with Gasteiger partial charge in [-0.05, 0) is 75.6 Å². The van der Waals surface area contributed by atoms with Crippen molar-refractivity contribution in [2.75, 3.05) is 32.1 Å². The van der Waals surface area contributed by atoms with E-state index in [2.05, 4.69) is 54.2 Å². The number of anilines is 1. The first kappa shape index (κ1) is 27.1. The van der Waals surface area contributed by atoms with Crippen molar-refractivity contribution >= 4 is 44.8 Å². The lowest BCUT2D eigenvalue weighted by Gasteiger charge is -2.19. The zero-order valence-electron chi connectivity index (χ0n) is 19.9. The summed E-state index contributed by atoms with van der Waals surface area (Å²) in [4.78, 5) is 11.2. The van der Waals surface area contributed by atoms with Gasteiger partial charge >= 0.3 is 0 Å². The van der Waals surface area contributed by atoms with Crippen molar-refractivity contribution in [3.63, 3.8) is 0 Å². The van der Waals surface area contributed by atoms with E-state index in [1.807, 2.05) is 42.5 Å². The summed E-state index contributed by atoms with van der Waals surface area (Å²) in [7, 11) is 1.68. The van der Waals surface area contributed by atoms with Crippen LogP contribution in [-0.4, -0.2) is 42.8 Å². The van der Waals surface area contributed by atoms with Crippen LogP contribution in [0.5, 0.6) is 5.75 Å². The predicted octanol–water partition coefficient (Wildman–Crippen LogP) is 2.08. The molecule has 0 saturated heterocycles. The second-order valence-corrected chi connectivity index (χ2v) is 9.01. The minimum Gasteiger partial charge on any atom is -1.00 e. The molecule has 178 valence electrons. The zero-order chi connectivity index (χ0) is 22.9. The minimum atomic E-state index is 0. The van der Waals surface area contributed by atoms with E-state index < -0.39 is 0 Å². The number of methoxy groups -OCH3 is 1. The predicted molar refractivity (Wildman–Crippen MR) is 138 cm³/mol. The zero-order valence-corrected chi connectivity index (χ0v) is 22.2. The van der Waals surface area contributed by atoms with E-state index in [4.69, 9.17) is 14.7 Å². The van der Waals surface area contributed by atoms with Gasteiger partial charge in [0.05, 0.1) is 32.3 Å². The van der Waals surface area contributed by atoms with Gasteiger partial charge in [0.1, 0.15) is 11.6 Å². The normalized spacial score (nSPS) is 12.2. The highest BCUT2D eigenvalue weighted by atomic mass is 79.9. The number of fused-ring (bicyclic) bond motifs is 1. The average Bonchev–Trinajstić information content (AvgIpc) is 2.81. The molecule has 5 nitrogen and oxygen atoms in total. The summed E-state index contributed by atoms with van der Waals surface area (Å²) in [5.74, 6) is 2.35. The van der Waals surface area contributed by atoms with E-state index in [-0.39, 0.29) is 12.4 Å². The summed E-state index contributed by atoms with van der Waals surface area (Å²) < 4.78 is 6.50. The first-order valence-corrected chi connectivity index (χ1v) is 12.2. The van der Waals surface area contributed by atoms with Crippen LogP contribution in [0.2, 0.25) is 0 Å². The van der Waals surface area contributed by atoms with Crippen LogP contribution in [0.3, 0.4) is 0 Å².